The van der Waals surface area contributed by atoms with Gasteiger partial charge in [0.25, 0.3) is 0 Å². The Labute approximate surface area is 108 Å². The summed E-state index contributed by atoms with van der Waals surface area (Å²) in [6.07, 6.45) is 5.40. The first-order valence-electron chi connectivity index (χ1n) is 6.87. The van der Waals surface area contributed by atoms with Gasteiger partial charge < -0.3 is 4.74 Å². The van der Waals surface area contributed by atoms with Crippen LogP contribution in [-0.2, 0) is 4.74 Å². The van der Waals surface area contributed by atoms with Crippen molar-refractivity contribution >= 4 is 6.21 Å². The van der Waals surface area contributed by atoms with Gasteiger partial charge in [0.2, 0.25) is 0 Å². The van der Waals surface area contributed by atoms with E-state index < -0.39 is 0 Å². The lowest BCUT2D eigenvalue weighted by Crippen LogP contribution is -2.32. The average Bonchev–Trinajstić information content (AvgIpc) is 2.95. The van der Waals surface area contributed by atoms with E-state index in [9.17, 15) is 0 Å². The zero-order chi connectivity index (χ0) is 12.2. The minimum atomic E-state index is 0.425. The minimum Gasteiger partial charge on any atom is -0.381 e. The molecule has 2 aliphatic heterocycles. The summed E-state index contributed by atoms with van der Waals surface area (Å²) in [5, 5.41) is 6.82. The zero-order valence-electron chi connectivity index (χ0n) is 10.7. The molecule has 1 aromatic rings. The molecular formula is C15H20N2O. The maximum atomic E-state index is 5.49. The van der Waals surface area contributed by atoms with Gasteiger partial charge in [0.05, 0.1) is 6.04 Å². The van der Waals surface area contributed by atoms with E-state index in [1.165, 1.54) is 5.56 Å². The fraction of sp³-hybridized carbons (Fsp3) is 0.533. The van der Waals surface area contributed by atoms with Crippen molar-refractivity contribution in [2.75, 3.05) is 19.8 Å². The van der Waals surface area contributed by atoms with Crippen LogP contribution < -0.4 is 0 Å². The van der Waals surface area contributed by atoms with E-state index in [-0.39, 0.29) is 0 Å². The summed E-state index contributed by atoms with van der Waals surface area (Å²) < 4.78 is 5.49. The van der Waals surface area contributed by atoms with Gasteiger partial charge >= 0.3 is 0 Å². The Morgan fingerprint density at radius 1 is 1.17 bits per heavy atom. The fourth-order valence-electron chi connectivity index (χ4n) is 2.99. The number of hydrogen-bond acceptors (Lipinski definition) is 3. The summed E-state index contributed by atoms with van der Waals surface area (Å²) in [6.45, 7) is 2.84. The molecule has 1 atom stereocenters. The van der Waals surface area contributed by atoms with Crippen molar-refractivity contribution in [3.63, 3.8) is 0 Å². The highest BCUT2D eigenvalue weighted by atomic mass is 16.5. The summed E-state index contributed by atoms with van der Waals surface area (Å²) in [7, 11) is 0. The monoisotopic (exact) mass is 244 g/mol. The van der Waals surface area contributed by atoms with Gasteiger partial charge in [-0.1, -0.05) is 30.3 Å². The van der Waals surface area contributed by atoms with Gasteiger partial charge in [0.1, 0.15) is 0 Å². The number of rotatable bonds is 3. The second kappa shape index (κ2) is 5.53. The SMILES string of the molecule is C1=NN(C(c2ccccc2)C2CCOCC2)CC1. The lowest BCUT2D eigenvalue weighted by molar-refractivity contribution is 0.0281. The Morgan fingerprint density at radius 3 is 2.61 bits per heavy atom. The van der Waals surface area contributed by atoms with Crippen molar-refractivity contribution in [1.82, 2.24) is 5.01 Å². The standard InChI is InChI=1S/C15H20N2O/c1-2-5-13(6-3-1)15(17-10-4-9-16-17)14-7-11-18-12-8-14/h1-3,5-6,9,14-15H,4,7-8,10-12H2. The van der Waals surface area contributed by atoms with Crippen LogP contribution in [0.25, 0.3) is 0 Å². The van der Waals surface area contributed by atoms with E-state index in [4.69, 9.17) is 4.74 Å². The Balaban J connectivity index is 1.85. The maximum absolute atomic E-state index is 5.49. The lowest BCUT2D eigenvalue weighted by atomic mass is 9.86. The smallest absolute Gasteiger partial charge is 0.0749 e. The fourth-order valence-corrected chi connectivity index (χ4v) is 2.99. The van der Waals surface area contributed by atoms with Gasteiger partial charge in [-0.15, -0.1) is 0 Å². The molecule has 3 nitrogen and oxygen atoms in total. The first-order valence-corrected chi connectivity index (χ1v) is 6.87. The summed E-state index contributed by atoms with van der Waals surface area (Å²) >= 11 is 0. The van der Waals surface area contributed by atoms with Crippen LogP contribution in [0.2, 0.25) is 0 Å². The van der Waals surface area contributed by atoms with E-state index in [1.54, 1.807) is 0 Å². The van der Waals surface area contributed by atoms with E-state index >= 15 is 0 Å². The van der Waals surface area contributed by atoms with E-state index in [0.29, 0.717) is 12.0 Å². The van der Waals surface area contributed by atoms with Crippen LogP contribution in [0.4, 0.5) is 0 Å². The predicted molar refractivity (Wildman–Crippen MR) is 72.5 cm³/mol. The van der Waals surface area contributed by atoms with Crippen LogP contribution in [0, 0.1) is 5.92 Å². The largest absolute Gasteiger partial charge is 0.381 e. The van der Waals surface area contributed by atoms with Crippen molar-refractivity contribution in [2.45, 2.75) is 25.3 Å². The Kier molecular flexibility index (Phi) is 3.60. The molecule has 1 saturated heterocycles. The quantitative estimate of drug-likeness (QED) is 0.816. The molecule has 2 heterocycles. The molecule has 0 spiro atoms. The molecule has 0 amide bonds. The molecule has 2 aliphatic rings. The summed E-state index contributed by atoms with van der Waals surface area (Å²) in [5.74, 6) is 0.663. The Bertz CT molecular complexity index is 398. The van der Waals surface area contributed by atoms with Crippen molar-refractivity contribution in [3.8, 4) is 0 Å². The Morgan fingerprint density at radius 2 is 1.94 bits per heavy atom. The molecule has 18 heavy (non-hydrogen) atoms. The highest BCUT2D eigenvalue weighted by Gasteiger charge is 2.30. The third-order valence-corrected chi connectivity index (χ3v) is 3.89. The lowest BCUT2D eigenvalue weighted by Gasteiger charge is -2.36. The van der Waals surface area contributed by atoms with Crippen molar-refractivity contribution in [3.05, 3.63) is 35.9 Å². The second-order valence-electron chi connectivity index (χ2n) is 5.06. The predicted octanol–water partition coefficient (Wildman–Crippen LogP) is 2.85. The van der Waals surface area contributed by atoms with E-state index in [1.807, 2.05) is 6.21 Å². The molecule has 3 heteroatoms. The van der Waals surface area contributed by atoms with Gasteiger partial charge in [0.15, 0.2) is 0 Å². The number of benzene rings is 1. The Hall–Kier alpha value is -1.35. The zero-order valence-corrected chi connectivity index (χ0v) is 10.7. The van der Waals surface area contributed by atoms with Crippen molar-refractivity contribution in [1.29, 1.82) is 0 Å². The van der Waals surface area contributed by atoms with E-state index in [2.05, 4.69) is 40.4 Å². The molecule has 0 bridgehead atoms. The summed E-state index contributed by atoms with van der Waals surface area (Å²) in [6, 6.07) is 11.2. The highest BCUT2D eigenvalue weighted by Crippen LogP contribution is 2.36. The van der Waals surface area contributed by atoms with Crippen molar-refractivity contribution in [2.24, 2.45) is 11.0 Å². The van der Waals surface area contributed by atoms with Crippen LogP contribution in [0.1, 0.15) is 30.9 Å². The van der Waals surface area contributed by atoms with Gasteiger partial charge in [-0.25, -0.2) is 0 Å². The molecular weight excluding hydrogens is 224 g/mol. The first kappa shape index (κ1) is 11.7. The molecule has 0 saturated carbocycles. The number of nitrogens with zero attached hydrogens (tertiary/aromatic N) is 2. The molecule has 0 aliphatic carbocycles. The van der Waals surface area contributed by atoms with E-state index in [0.717, 1.165) is 39.0 Å². The topological polar surface area (TPSA) is 24.8 Å². The van der Waals surface area contributed by atoms with Crippen LogP contribution in [0.15, 0.2) is 35.4 Å². The van der Waals surface area contributed by atoms with Crippen LogP contribution in [-0.4, -0.2) is 31.0 Å². The molecule has 0 radical (unpaired) electrons. The normalized spacial score (nSPS) is 22.3. The van der Waals surface area contributed by atoms with Gasteiger partial charge in [0, 0.05) is 32.4 Å². The van der Waals surface area contributed by atoms with Gasteiger partial charge in [-0.2, -0.15) is 5.10 Å². The molecule has 96 valence electrons. The molecule has 0 N–H and O–H groups in total. The number of hydrazone groups is 1. The molecule has 1 fully saturated rings. The van der Waals surface area contributed by atoms with Crippen LogP contribution in [0.3, 0.4) is 0 Å². The average molecular weight is 244 g/mol. The van der Waals surface area contributed by atoms with Gasteiger partial charge in [-0.05, 0) is 24.3 Å². The number of ether oxygens (including phenoxy) is 1. The summed E-state index contributed by atoms with van der Waals surface area (Å²) in [5.41, 5.74) is 1.39. The second-order valence-corrected chi connectivity index (χ2v) is 5.06. The molecule has 1 unspecified atom stereocenters. The van der Waals surface area contributed by atoms with Crippen molar-refractivity contribution < 1.29 is 4.74 Å². The third-order valence-electron chi connectivity index (χ3n) is 3.89. The minimum absolute atomic E-state index is 0.425. The molecule has 1 aromatic carbocycles. The molecule has 0 aromatic heterocycles. The number of hydrogen-bond donors (Lipinski definition) is 0. The maximum Gasteiger partial charge on any atom is 0.0749 e. The van der Waals surface area contributed by atoms with Gasteiger partial charge in [-0.3, -0.25) is 5.01 Å². The highest BCUT2D eigenvalue weighted by molar-refractivity contribution is 5.58. The van der Waals surface area contributed by atoms with Crippen LogP contribution >= 0.6 is 0 Å². The molecule has 3 rings (SSSR count). The first-order chi connectivity index (χ1) is 8.95. The van der Waals surface area contributed by atoms with Crippen LogP contribution in [0.5, 0.6) is 0 Å². The summed E-state index contributed by atoms with van der Waals surface area (Å²) in [4.78, 5) is 0. The third kappa shape index (κ3) is 2.41.